The first-order valence-corrected chi connectivity index (χ1v) is 9.79. The molecule has 4 rings (SSSR count). The first-order valence-electron chi connectivity index (χ1n) is 9.79. The van der Waals surface area contributed by atoms with Crippen molar-refractivity contribution in [2.45, 2.75) is 44.6 Å². The third-order valence-electron chi connectivity index (χ3n) is 5.27. The Morgan fingerprint density at radius 2 is 1.89 bits per heavy atom. The van der Waals surface area contributed by atoms with Crippen molar-refractivity contribution in [1.29, 1.82) is 0 Å². The zero-order chi connectivity index (χ0) is 19.8. The van der Waals surface area contributed by atoms with Gasteiger partial charge in [-0.25, -0.2) is 4.79 Å². The monoisotopic (exact) mass is 382 g/mol. The maximum absolute atomic E-state index is 10.9. The average Bonchev–Trinajstić information content (AvgIpc) is 3.17. The SMILES string of the molecule is O=C1CCCNC(=O)N1.O=CNC(c1cncc2ccccc12)C1CCCC1. The van der Waals surface area contributed by atoms with E-state index in [-0.39, 0.29) is 18.0 Å². The Morgan fingerprint density at radius 1 is 1.11 bits per heavy atom. The maximum Gasteiger partial charge on any atom is 0.321 e. The molecule has 0 radical (unpaired) electrons. The number of hydrogen-bond acceptors (Lipinski definition) is 4. The van der Waals surface area contributed by atoms with Crippen LogP contribution >= 0.6 is 0 Å². The molecular weight excluding hydrogens is 356 g/mol. The second-order valence-corrected chi connectivity index (χ2v) is 7.16. The van der Waals surface area contributed by atoms with Gasteiger partial charge in [-0.2, -0.15) is 0 Å². The first kappa shape index (κ1) is 19.8. The van der Waals surface area contributed by atoms with Gasteiger partial charge in [-0.3, -0.25) is 19.9 Å². The third-order valence-corrected chi connectivity index (χ3v) is 5.27. The normalized spacial score (nSPS) is 18.3. The number of pyridine rings is 1. The molecule has 1 atom stereocenters. The van der Waals surface area contributed by atoms with Crippen LogP contribution < -0.4 is 16.0 Å². The van der Waals surface area contributed by atoms with Gasteiger partial charge in [0.25, 0.3) is 0 Å². The summed E-state index contributed by atoms with van der Waals surface area (Å²) >= 11 is 0. The number of urea groups is 1. The van der Waals surface area contributed by atoms with Gasteiger partial charge in [-0.1, -0.05) is 37.1 Å². The molecule has 3 N–H and O–H groups in total. The molecule has 28 heavy (non-hydrogen) atoms. The van der Waals surface area contributed by atoms with E-state index in [4.69, 9.17) is 0 Å². The summed E-state index contributed by atoms with van der Waals surface area (Å²) < 4.78 is 0. The van der Waals surface area contributed by atoms with E-state index < -0.39 is 0 Å². The molecule has 1 aromatic heterocycles. The number of imide groups is 1. The van der Waals surface area contributed by atoms with Gasteiger partial charge in [0, 0.05) is 36.3 Å². The number of carbonyl (C=O) groups excluding carboxylic acids is 3. The molecule has 1 saturated carbocycles. The second-order valence-electron chi connectivity index (χ2n) is 7.16. The molecule has 1 aromatic carbocycles. The van der Waals surface area contributed by atoms with Crippen LogP contribution in [-0.4, -0.2) is 29.9 Å². The fourth-order valence-corrected chi connectivity index (χ4v) is 3.92. The summed E-state index contributed by atoms with van der Waals surface area (Å²) in [6, 6.07) is 7.96. The molecule has 148 valence electrons. The predicted octanol–water partition coefficient (Wildman–Crippen LogP) is 2.82. The highest BCUT2D eigenvalue weighted by molar-refractivity contribution is 5.94. The predicted molar refractivity (Wildman–Crippen MR) is 106 cm³/mol. The van der Waals surface area contributed by atoms with E-state index >= 15 is 0 Å². The average molecular weight is 382 g/mol. The molecule has 1 saturated heterocycles. The lowest BCUT2D eigenvalue weighted by atomic mass is 9.90. The lowest BCUT2D eigenvalue weighted by molar-refractivity contribution is -0.119. The highest BCUT2D eigenvalue weighted by atomic mass is 16.2. The van der Waals surface area contributed by atoms with Crippen LogP contribution in [0.3, 0.4) is 0 Å². The van der Waals surface area contributed by atoms with Crippen molar-refractivity contribution in [1.82, 2.24) is 20.9 Å². The van der Waals surface area contributed by atoms with Gasteiger partial charge in [0.05, 0.1) is 6.04 Å². The molecule has 0 spiro atoms. The number of fused-ring (bicyclic) bond motifs is 1. The van der Waals surface area contributed by atoms with Crippen molar-refractivity contribution in [3.8, 4) is 0 Å². The fraction of sp³-hybridized carbons (Fsp3) is 0.429. The van der Waals surface area contributed by atoms with E-state index in [2.05, 4.69) is 33.1 Å². The molecule has 7 nitrogen and oxygen atoms in total. The largest absolute Gasteiger partial charge is 0.352 e. The lowest BCUT2D eigenvalue weighted by Gasteiger charge is -2.24. The van der Waals surface area contributed by atoms with Gasteiger partial charge in [-0.05, 0) is 30.6 Å². The van der Waals surface area contributed by atoms with Crippen molar-refractivity contribution in [3.63, 3.8) is 0 Å². The van der Waals surface area contributed by atoms with E-state index in [1.54, 1.807) is 0 Å². The third kappa shape index (κ3) is 5.06. The Labute approximate surface area is 164 Å². The van der Waals surface area contributed by atoms with Gasteiger partial charge in [0.15, 0.2) is 0 Å². The van der Waals surface area contributed by atoms with E-state index in [9.17, 15) is 14.4 Å². The van der Waals surface area contributed by atoms with Crippen LogP contribution in [0.4, 0.5) is 4.79 Å². The summed E-state index contributed by atoms with van der Waals surface area (Å²) in [5.41, 5.74) is 1.15. The van der Waals surface area contributed by atoms with Crippen molar-refractivity contribution >= 4 is 29.1 Å². The molecular formula is C21H26N4O3. The Balaban J connectivity index is 0.000000211. The Morgan fingerprint density at radius 3 is 2.68 bits per heavy atom. The molecule has 2 fully saturated rings. The zero-order valence-electron chi connectivity index (χ0n) is 15.8. The van der Waals surface area contributed by atoms with E-state index in [1.807, 2.05) is 24.5 Å². The number of benzene rings is 1. The summed E-state index contributed by atoms with van der Waals surface area (Å²) in [6.45, 7) is 0.595. The minimum Gasteiger partial charge on any atom is -0.352 e. The van der Waals surface area contributed by atoms with Crippen molar-refractivity contribution in [2.75, 3.05) is 6.54 Å². The van der Waals surface area contributed by atoms with E-state index in [0.29, 0.717) is 18.9 Å². The van der Waals surface area contributed by atoms with Gasteiger partial charge in [-0.15, -0.1) is 0 Å². The summed E-state index contributed by atoms with van der Waals surface area (Å²) in [7, 11) is 0. The molecule has 7 heteroatoms. The molecule has 2 aromatic rings. The number of hydrogen-bond donors (Lipinski definition) is 3. The minimum atomic E-state index is -0.377. The first-order chi connectivity index (χ1) is 13.7. The highest BCUT2D eigenvalue weighted by Gasteiger charge is 2.27. The summed E-state index contributed by atoms with van der Waals surface area (Å²) in [5, 5.41) is 10.0. The number of nitrogens with one attached hydrogen (secondary N) is 3. The highest BCUT2D eigenvalue weighted by Crippen LogP contribution is 2.37. The number of amides is 4. The van der Waals surface area contributed by atoms with Crippen LogP contribution in [-0.2, 0) is 9.59 Å². The molecule has 1 aliphatic carbocycles. The maximum atomic E-state index is 10.9. The smallest absolute Gasteiger partial charge is 0.321 e. The van der Waals surface area contributed by atoms with Crippen molar-refractivity contribution in [2.24, 2.45) is 5.92 Å². The van der Waals surface area contributed by atoms with E-state index in [1.165, 1.54) is 31.1 Å². The summed E-state index contributed by atoms with van der Waals surface area (Å²) in [4.78, 5) is 36.3. The van der Waals surface area contributed by atoms with E-state index in [0.717, 1.165) is 23.8 Å². The second kappa shape index (κ2) is 9.82. The minimum absolute atomic E-state index is 0.0959. The Hall–Kier alpha value is -2.96. The number of nitrogens with zero attached hydrogens (tertiary/aromatic N) is 1. The van der Waals surface area contributed by atoms with Crippen LogP contribution in [0.25, 0.3) is 10.8 Å². The quantitative estimate of drug-likeness (QED) is 0.708. The number of rotatable bonds is 4. The number of aromatic nitrogens is 1. The van der Waals surface area contributed by atoms with Crippen LogP contribution in [0, 0.1) is 5.92 Å². The molecule has 1 aliphatic heterocycles. The summed E-state index contributed by atoms with van der Waals surface area (Å²) in [6.07, 6.45) is 10.7. The standard InChI is InChI=1S/C16H18N2O.C5H8N2O2/c19-11-18-16(12-5-1-2-6-12)15-10-17-9-13-7-3-4-8-14(13)15;8-4-2-1-3-6-5(9)7-4/h3-4,7-12,16H,1-2,5-6H2,(H,18,19);1-3H2,(H2,6,7,8,9). The van der Waals surface area contributed by atoms with Gasteiger partial charge >= 0.3 is 6.03 Å². The van der Waals surface area contributed by atoms with Crippen molar-refractivity contribution < 1.29 is 14.4 Å². The van der Waals surface area contributed by atoms with Gasteiger partial charge in [0.1, 0.15) is 0 Å². The van der Waals surface area contributed by atoms with Crippen molar-refractivity contribution in [3.05, 3.63) is 42.2 Å². The number of carbonyl (C=O) groups is 3. The van der Waals surface area contributed by atoms with Gasteiger partial charge in [0.2, 0.25) is 12.3 Å². The van der Waals surface area contributed by atoms with Crippen LogP contribution in [0.5, 0.6) is 0 Å². The molecule has 1 unspecified atom stereocenters. The molecule has 2 heterocycles. The van der Waals surface area contributed by atoms with Gasteiger partial charge < -0.3 is 10.6 Å². The molecule has 4 amide bonds. The Kier molecular flexibility index (Phi) is 6.94. The fourth-order valence-electron chi connectivity index (χ4n) is 3.92. The zero-order valence-corrected chi connectivity index (χ0v) is 15.8. The lowest BCUT2D eigenvalue weighted by Crippen LogP contribution is -2.35. The summed E-state index contributed by atoms with van der Waals surface area (Å²) in [5.74, 6) is 0.350. The Bertz CT molecular complexity index is 812. The van der Waals surface area contributed by atoms with Crippen LogP contribution in [0.15, 0.2) is 36.7 Å². The molecule has 2 aliphatic rings. The topological polar surface area (TPSA) is 100 Å². The molecule has 0 bridgehead atoms. The van der Waals surface area contributed by atoms with Crippen LogP contribution in [0.2, 0.25) is 0 Å². The van der Waals surface area contributed by atoms with Crippen LogP contribution in [0.1, 0.15) is 50.1 Å².